The number of phenols is 1. The van der Waals surface area contributed by atoms with Crippen molar-refractivity contribution < 1.29 is 23.1 Å². The van der Waals surface area contributed by atoms with Gasteiger partial charge in [-0.1, -0.05) is 11.6 Å². The lowest BCUT2D eigenvalue weighted by atomic mass is 10.1. The van der Waals surface area contributed by atoms with Crippen LogP contribution < -0.4 is 5.32 Å². The lowest BCUT2D eigenvalue weighted by molar-refractivity contribution is -0.137. The molecule has 0 fully saturated rings. The molecular weight excluding hydrogens is 387 g/mol. The lowest BCUT2D eigenvalue weighted by Gasteiger charge is -2.12. The number of amides is 1. The van der Waals surface area contributed by atoms with Crippen LogP contribution in [0, 0.1) is 0 Å². The van der Waals surface area contributed by atoms with E-state index in [1.165, 1.54) is 18.2 Å². The third-order valence-electron chi connectivity index (χ3n) is 2.75. The van der Waals surface area contributed by atoms with Crippen molar-refractivity contribution in [3.05, 3.63) is 57.0 Å². The Morgan fingerprint density at radius 3 is 2.45 bits per heavy atom. The van der Waals surface area contributed by atoms with Crippen LogP contribution in [0.3, 0.4) is 0 Å². The van der Waals surface area contributed by atoms with Gasteiger partial charge in [0.25, 0.3) is 5.91 Å². The first-order valence-electron chi connectivity index (χ1n) is 5.85. The summed E-state index contributed by atoms with van der Waals surface area (Å²) < 4.78 is 37.8. The zero-order chi connectivity index (χ0) is 16.5. The summed E-state index contributed by atoms with van der Waals surface area (Å²) >= 11 is 8.71. The van der Waals surface area contributed by atoms with Crippen molar-refractivity contribution in [3.63, 3.8) is 0 Å². The lowest BCUT2D eigenvalue weighted by Crippen LogP contribution is -2.13. The number of hydrogen-bond donors (Lipinski definition) is 2. The van der Waals surface area contributed by atoms with Crippen LogP contribution in [0.15, 0.2) is 40.9 Å². The molecule has 0 aliphatic carbocycles. The Morgan fingerprint density at radius 2 is 1.86 bits per heavy atom. The third kappa shape index (κ3) is 3.72. The molecule has 2 rings (SSSR count). The number of halogens is 5. The summed E-state index contributed by atoms with van der Waals surface area (Å²) in [4.78, 5) is 12.0. The fourth-order valence-electron chi connectivity index (χ4n) is 1.67. The largest absolute Gasteiger partial charge is 0.507 e. The molecule has 22 heavy (non-hydrogen) atoms. The van der Waals surface area contributed by atoms with Crippen molar-refractivity contribution in [2.75, 3.05) is 5.32 Å². The van der Waals surface area contributed by atoms with Gasteiger partial charge in [-0.2, -0.15) is 13.2 Å². The third-order valence-corrected chi connectivity index (χ3v) is 3.64. The van der Waals surface area contributed by atoms with Gasteiger partial charge in [-0.25, -0.2) is 0 Å². The van der Waals surface area contributed by atoms with Crippen molar-refractivity contribution >= 4 is 39.1 Å². The predicted molar refractivity (Wildman–Crippen MR) is 80.2 cm³/mol. The maximum atomic E-state index is 12.6. The smallest absolute Gasteiger partial charge is 0.416 e. The normalized spacial score (nSPS) is 11.3. The number of rotatable bonds is 2. The summed E-state index contributed by atoms with van der Waals surface area (Å²) in [5.74, 6) is -0.981. The van der Waals surface area contributed by atoms with Gasteiger partial charge in [-0.15, -0.1) is 0 Å². The van der Waals surface area contributed by atoms with E-state index < -0.39 is 17.6 Å². The fourth-order valence-corrected chi connectivity index (χ4v) is 2.32. The van der Waals surface area contributed by atoms with Crippen LogP contribution in [-0.4, -0.2) is 11.0 Å². The zero-order valence-corrected chi connectivity index (χ0v) is 13.1. The van der Waals surface area contributed by atoms with Crippen molar-refractivity contribution in [3.8, 4) is 5.75 Å². The van der Waals surface area contributed by atoms with Gasteiger partial charge >= 0.3 is 6.18 Å². The summed E-state index contributed by atoms with van der Waals surface area (Å²) in [7, 11) is 0. The molecule has 0 aliphatic rings. The van der Waals surface area contributed by atoms with Gasteiger partial charge in [0, 0.05) is 9.50 Å². The minimum Gasteiger partial charge on any atom is -0.507 e. The molecule has 0 bridgehead atoms. The topological polar surface area (TPSA) is 49.3 Å². The van der Waals surface area contributed by atoms with E-state index in [-0.39, 0.29) is 26.5 Å². The standard InChI is InChI=1S/C14H8BrClF3NO2/c15-10-5-7(14(17,18)19)1-3-11(10)20-13(22)9-6-8(16)2-4-12(9)21/h1-6,21H,(H,20,22). The Morgan fingerprint density at radius 1 is 1.18 bits per heavy atom. The molecule has 0 atom stereocenters. The van der Waals surface area contributed by atoms with Crippen LogP contribution in [0.5, 0.6) is 5.75 Å². The fraction of sp³-hybridized carbons (Fsp3) is 0.0714. The number of benzene rings is 2. The first-order chi connectivity index (χ1) is 10.2. The Balaban J connectivity index is 2.27. The molecule has 8 heteroatoms. The van der Waals surface area contributed by atoms with E-state index in [1.807, 2.05) is 0 Å². The molecule has 116 valence electrons. The molecular formula is C14H8BrClF3NO2. The van der Waals surface area contributed by atoms with Gasteiger partial charge in [0.2, 0.25) is 0 Å². The second kappa shape index (κ2) is 6.18. The second-order valence-corrected chi connectivity index (χ2v) is 5.60. The average molecular weight is 395 g/mol. The van der Waals surface area contributed by atoms with Crippen LogP contribution in [0.1, 0.15) is 15.9 Å². The van der Waals surface area contributed by atoms with E-state index in [2.05, 4.69) is 21.2 Å². The van der Waals surface area contributed by atoms with Gasteiger partial charge in [0.05, 0.1) is 16.8 Å². The highest BCUT2D eigenvalue weighted by atomic mass is 79.9. The second-order valence-electron chi connectivity index (χ2n) is 4.31. The van der Waals surface area contributed by atoms with E-state index in [4.69, 9.17) is 11.6 Å². The van der Waals surface area contributed by atoms with Crippen LogP contribution in [-0.2, 0) is 6.18 Å². The summed E-state index contributed by atoms with van der Waals surface area (Å²) in [6.45, 7) is 0. The number of nitrogens with one attached hydrogen (secondary N) is 1. The highest BCUT2D eigenvalue weighted by Crippen LogP contribution is 2.34. The van der Waals surface area contributed by atoms with Gasteiger partial charge < -0.3 is 10.4 Å². The maximum absolute atomic E-state index is 12.6. The Bertz CT molecular complexity index is 735. The summed E-state index contributed by atoms with van der Waals surface area (Å²) in [6, 6.07) is 6.73. The number of carbonyl (C=O) groups excluding carboxylic acids is 1. The van der Waals surface area contributed by atoms with Gasteiger partial charge in [0.1, 0.15) is 5.75 Å². The number of aromatic hydroxyl groups is 1. The molecule has 2 aromatic carbocycles. The number of carbonyl (C=O) groups is 1. The number of phenolic OH excluding ortho intramolecular Hbond substituents is 1. The van der Waals surface area contributed by atoms with Gasteiger partial charge in [0.15, 0.2) is 0 Å². The minimum atomic E-state index is -4.48. The molecule has 0 aromatic heterocycles. The van der Waals surface area contributed by atoms with E-state index >= 15 is 0 Å². The zero-order valence-electron chi connectivity index (χ0n) is 10.7. The van der Waals surface area contributed by atoms with Crippen LogP contribution >= 0.6 is 27.5 Å². The quantitative estimate of drug-likeness (QED) is 0.746. The van der Waals surface area contributed by atoms with Crippen molar-refractivity contribution in [1.29, 1.82) is 0 Å². The number of alkyl halides is 3. The molecule has 0 unspecified atom stereocenters. The highest BCUT2D eigenvalue weighted by molar-refractivity contribution is 9.10. The molecule has 0 spiro atoms. The highest BCUT2D eigenvalue weighted by Gasteiger charge is 2.31. The molecule has 3 nitrogen and oxygen atoms in total. The molecule has 2 N–H and O–H groups in total. The monoisotopic (exact) mass is 393 g/mol. The van der Waals surface area contributed by atoms with E-state index in [1.54, 1.807) is 0 Å². The van der Waals surface area contributed by atoms with E-state index in [9.17, 15) is 23.1 Å². The van der Waals surface area contributed by atoms with Crippen LogP contribution in [0.4, 0.5) is 18.9 Å². The predicted octanol–water partition coefficient (Wildman–Crippen LogP) is 5.08. The maximum Gasteiger partial charge on any atom is 0.416 e. The Labute approximate surface area is 136 Å². The molecule has 0 aliphatic heterocycles. The van der Waals surface area contributed by atoms with Gasteiger partial charge in [-0.05, 0) is 52.3 Å². The number of hydrogen-bond acceptors (Lipinski definition) is 2. The van der Waals surface area contributed by atoms with Crippen molar-refractivity contribution in [2.45, 2.75) is 6.18 Å². The molecule has 0 saturated heterocycles. The van der Waals surface area contributed by atoms with Crippen LogP contribution in [0.25, 0.3) is 0 Å². The van der Waals surface area contributed by atoms with Gasteiger partial charge in [-0.3, -0.25) is 4.79 Å². The molecule has 0 heterocycles. The Kier molecular flexibility index (Phi) is 4.67. The summed E-state index contributed by atoms with van der Waals surface area (Å²) in [5, 5.41) is 12.3. The van der Waals surface area contributed by atoms with Crippen LogP contribution in [0.2, 0.25) is 5.02 Å². The SMILES string of the molecule is O=C(Nc1ccc(C(F)(F)F)cc1Br)c1cc(Cl)ccc1O. The first-order valence-corrected chi connectivity index (χ1v) is 7.02. The van der Waals surface area contributed by atoms with E-state index in [0.29, 0.717) is 0 Å². The summed E-state index contributed by atoms with van der Waals surface area (Å²) in [6.07, 6.45) is -4.48. The first kappa shape index (κ1) is 16.6. The van der Waals surface area contributed by atoms with Crippen molar-refractivity contribution in [2.24, 2.45) is 0 Å². The molecule has 2 aromatic rings. The molecule has 1 amide bonds. The summed E-state index contributed by atoms with van der Waals surface area (Å²) in [5.41, 5.74) is -0.792. The van der Waals surface area contributed by atoms with Crippen molar-refractivity contribution in [1.82, 2.24) is 0 Å². The molecule has 0 saturated carbocycles. The number of anilines is 1. The minimum absolute atomic E-state index is 0.0668. The average Bonchev–Trinajstić information content (AvgIpc) is 2.42. The van der Waals surface area contributed by atoms with E-state index in [0.717, 1.165) is 18.2 Å². The Hall–Kier alpha value is -1.73. The molecule has 0 radical (unpaired) electrons.